The fraction of sp³-hybridized carbons (Fsp3) is 0.375. The summed E-state index contributed by atoms with van der Waals surface area (Å²) < 4.78 is 42.7. The van der Waals surface area contributed by atoms with Gasteiger partial charge in [0.05, 0.1) is 11.4 Å². The maximum atomic E-state index is 13.3. The van der Waals surface area contributed by atoms with E-state index < -0.39 is 15.8 Å². The fourth-order valence-electron chi connectivity index (χ4n) is 2.62. The van der Waals surface area contributed by atoms with E-state index in [-0.39, 0.29) is 10.9 Å². The van der Waals surface area contributed by atoms with Gasteiger partial charge in [0.15, 0.2) is 0 Å². The Kier molecular flexibility index (Phi) is 3.82. The van der Waals surface area contributed by atoms with E-state index in [4.69, 9.17) is 0 Å². The van der Waals surface area contributed by atoms with Crippen molar-refractivity contribution in [1.82, 2.24) is 8.87 Å². The Balaban J connectivity index is 1.98. The molecule has 1 aliphatic carbocycles. The van der Waals surface area contributed by atoms with Gasteiger partial charge in [0, 0.05) is 25.0 Å². The number of rotatable bonds is 5. The van der Waals surface area contributed by atoms with Crippen LogP contribution in [0.4, 0.5) is 4.39 Å². The second kappa shape index (κ2) is 5.52. The highest BCUT2D eigenvalue weighted by atomic mass is 32.2. The van der Waals surface area contributed by atoms with Crippen molar-refractivity contribution >= 4 is 10.0 Å². The molecule has 22 heavy (non-hydrogen) atoms. The van der Waals surface area contributed by atoms with Crippen molar-refractivity contribution in [3.63, 3.8) is 0 Å². The Bertz CT molecular complexity index is 794. The summed E-state index contributed by atoms with van der Waals surface area (Å²) in [7, 11) is -1.73. The average molecular weight is 322 g/mol. The molecule has 0 saturated heterocycles. The van der Waals surface area contributed by atoms with Crippen LogP contribution in [0.2, 0.25) is 0 Å². The van der Waals surface area contributed by atoms with Gasteiger partial charge in [0.2, 0.25) is 10.0 Å². The van der Waals surface area contributed by atoms with Crippen molar-refractivity contribution in [2.45, 2.75) is 37.2 Å². The molecule has 118 valence electrons. The van der Waals surface area contributed by atoms with Crippen LogP contribution in [-0.4, -0.2) is 23.3 Å². The van der Waals surface area contributed by atoms with E-state index >= 15 is 0 Å². The molecule has 1 aromatic heterocycles. The summed E-state index contributed by atoms with van der Waals surface area (Å²) in [5.74, 6) is -0.420. The lowest BCUT2D eigenvalue weighted by molar-refractivity contribution is 0.390. The molecule has 2 aromatic rings. The summed E-state index contributed by atoms with van der Waals surface area (Å²) in [5, 5.41) is 0. The van der Waals surface area contributed by atoms with Crippen LogP contribution in [0.3, 0.4) is 0 Å². The maximum absolute atomic E-state index is 13.3. The van der Waals surface area contributed by atoms with Crippen LogP contribution < -0.4 is 0 Å². The van der Waals surface area contributed by atoms with Crippen molar-refractivity contribution in [1.29, 1.82) is 0 Å². The lowest BCUT2D eigenvalue weighted by Crippen LogP contribution is -2.33. The molecule has 4 nitrogen and oxygen atoms in total. The lowest BCUT2D eigenvalue weighted by atomic mass is 10.2. The molecule has 0 spiro atoms. The quantitative estimate of drug-likeness (QED) is 0.849. The van der Waals surface area contributed by atoms with E-state index in [0.717, 1.165) is 18.5 Å². The molecule has 3 rings (SSSR count). The second-order valence-electron chi connectivity index (χ2n) is 5.80. The summed E-state index contributed by atoms with van der Waals surface area (Å²) in [4.78, 5) is 0.190. The topological polar surface area (TPSA) is 42.3 Å². The van der Waals surface area contributed by atoms with E-state index in [0.29, 0.717) is 12.1 Å². The summed E-state index contributed by atoms with van der Waals surface area (Å²) >= 11 is 0. The molecule has 1 saturated carbocycles. The summed E-state index contributed by atoms with van der Waals surface area (Å²) in [6.45, 7) is 1.97. The van der Waals surface area contributed by atoms with E-state index in [1.165, 1.54) is 18.2 Å². The van der Waals surface area contributed by atoms with Gasteiger partial charge in [-0.25, -0.2) is 12.8 Å². The minimum Gasteiger partial charge on any atom is -0.353 e. The highest BCUT2D eigenvalue weighted by molar-refractivity contribution is 7.89. The molecule has 0 bridgehead atoms. The van der Waals surface area contributed by atoms with Crippen LogP contribution in [-0.2, 0) is 23.6 Å². The monoisotopic (exact) mass is 322 g/mol. The molecule has 0 amide bonds. The first-order valence-electron chi connectivity index (χ1n) is 7.28. The molecule has 1 aromatic carbocycles. The maximum Gasteiger partial charge on any atom is 0.243 e. The Morgan fingerprint density at radius 2 is 2.05 bits per heavy atom. The van der Waals surface area contributed by atoms with Crippen molar-refractivity contribution in [3.8, 4) is 0 Å². The molecule has 1 heterocycles. The molecule has 0 atom stereocenters. The van der Waals surface area contributed by atoms with Crippen LogP contribution in [0.5, 0.6) is 0 Å². The standard InChI is InChI=1S/C16H19FN2O2S/c1-12-10-13(17)5-8-16(12)22(20,21)19(14-6-7-14)11-15-4-3-9-18(15)2/h3-5,8-10,14H,6-7,11H2,1-2H3. The van der Waals surface area contributed by atoms with Crippen LogP contribution in [0.1, 0.15) is 24.1 Å². The number of sulfonamides is 1. The van der Waals surface area contributed by atoms with Gasteiger partial charge in [-0.1, -0.05) is 0 Å². The number of hydrogen-bond acceptors (Lipinski definition) is 2. The molecule has 6 heteroatoms. The second-order valence-corrected chi connectivity index (χ2v) is 7.66. The number of benzene rings is 1. The number of hydrogen-bond donors (Lipinski definition) is 0. The first kappa shape index (κ1) is 15.2. The molecule has 0 unspecified atom stereocenters. The van der Waals surface area contributed by atoms with Crippen LogP contribution >= 0.6 is 0 Å². The number of aryl methyl sites for hydroxylation is 2. The Morgan fingerprint density at radius 1 is 1.32 bits per heavy atom. The Morgan fingerprint density at radius 3 is 2.59 bits per heavy atom. The van der Waals surface area contributed by atoms with Gasteiger partial charge < -0.3 is 4.57 Å². The molecule has 0 radical (unpaired) electrons. The summed E-state index contributed by atoms with van der Waals surface area (Å²) in [5.41, 5.74) is 1.38. The minimum atomic E-state index is -3.62. The highest BCUT2D eigenvalue weighted by Crippen LogP contribution is 2.34. The van der Waals surface area contributed by atoms with Crippen molar-refractivity contribution in [3.05, 3.63) is 53.6 Å². The van der Waals surface area contributed by atoms with Crippen molar-refractivity contribution < 1.29 is 12.8 Å². The predicted molar refractivity (Wildman–Crippen MR) is 82.3 cm³/mol. The summed E-state index contributed by atoms with van der Waals surface area (Å²) in [6, 6.07) is 7.69. The number of nitrogens with zero attached hydrogens (tertiary/aromatic N) is 2. The van der Waals surface area contributed by atoms with Crippen molar-refractivity contribution in [2.75, 3.05) is 0 Å². The molecule has 1 aliphatic rings. The minimum absolute atomic E-state index is 0.0457. The van der Waals surface area contributed by atoms with E-state index in [2.05, 4.69) is 0 Å². The molecular weight excluding hydrogens is 303 g/mol. The Hall–Kier alpha value is -1.66. The van der Waals surface area contributed by atoms with Gasteiger partial charge in [-0.2, -0.15) is 4.31 Å². The van der Waals surface area contributed by atoms with Crippen LogP contribution in [0.15, 0.2) is 41.4 Å². The van der Waals surface area contributed by atoms with E-state index in [1.54, 1.807) is 11.2 Å². The average Bonchev–Trinajstić information content (AvgIpc) is 3.19. The Labute approximate surface area is 130 Å². The van der Waals surface area contributed by atoms with E-state index in [9.17, 15) is 12.8 Å². The van der Waals surface area contributed by atoms with Gasteiger partial charge in [0.1, 0.15) is 5.82 Å². The molecule has 0 N–H and O–H groups in total. The van der Waals surface area contributed by atoms with Crippen LogP contribution in [0, 0.1) is 12.7 Å². The van der Waals surface area contributed by atoms with Gasteiger partial charge in [-0.3, -0.25) is 0 Å². The largest absolute Gasteiger partial charge is 0.353 e. The smallest absolute Gasteiger partial charge is 0.243 e. The zero-order valence-electron chi connectivity index (χ0n) is 12.7. The predicted octanol–water partition coefficient (Wildman–Crippen LogP) is 2.83. The van der Waals surface area contributed by atoms with Crippen molar-refractivity contribution in [2.24, 2.45) is 7.05 Å². The summed E-state index contributed by atoms with van der Waals surface area (Å²) in [6.07, 6.45) is 3.66. The zero-order chi connectivity index (χ0) is 15.9. The van der Waals surface area contributed by atoms with Gasteiger partial charge in [-0.15, -0.1) is 0 Å². The normalized spacial score (nSPS) is 15.5. The zero-order valence-corrected chi connectivity index (χ0v) is 13.5. The first-order valence-corrected chi connectivity index (χ1v) is 8.72. The third-order valence-electron chi connectivity index (χ3n) is 4.05. The fourth-order valence-corrected chi connectivity index (χ4v) is 4.49. The van der Waals surface area contributed by atoms with Crippen LogP contribution in [0.25, 0.3) is 0 Å². The molecular formula is C16H19FN2O2S. The number of halogens is 1. The highest BCUT2D eigenvalue weighted by Gasteiger charge is 2.39. The third kappa shape index (κ3) is 2.80. The third-order valence-corrected chi connectivity index (χ3v) is 6.11. The van der Waals surface area contributed by atoms with E-state index in [1.807, 2.05) is 29.9 Å². The first-order chi connectivity index (χ1) is 10.4. The van der Waals surface area contributed by atoms with Gasteiger partial charge in [0.25, 0.3) is 0 Å². The number of aromatic nitrogens is 1. The van der Waals surface area contributed by atoms with Gasteiger partial charge >= 0.3 is 0 Å². The van der Waals surface area contributed by atoms with Gasteiger partial charge in [-0.05, 0) is 55.7 Å². The SMILES string of the molecule is Cc1cc(F)ccc1S(=O)(=O)N(Cc1cccn1C)C1CC1. The lowest BCUT2D eigenvalue weighted by Gasteiger charge is -2.23. The molecule has 1 fully saturated rings. The molecule has 0 aliphatic heterocycles.